The molecule has 0 radical (unpaired) electrons. The fourth-order valence-electron chi connectivity index (χ4n) is 2.91. The first-order valence-electron chi connectivity index (χ1n) is 8.42. The molecule has 24 heavy (non-hydrogen) atoms. The third-order valence-corrected chi connectivity index (χ3v) is 4.04. The number of aryl methyl sites for hydroxylation is 1. The van der Waals surface area contributed by atoms with Crippen molar-refractivity contribution in [3.8, 4) is 11.5 Å². The molecule has 1 aliphatic rings. The standard InChI is InChI=1S/C20H23NO3/c1-3-11-21(20(22)16-8-6-7-15(2)12-16)13-17-14-23-18-9-4-5-10-19(18)24-17/h4-10,12,17H,3,11,13-14H2,1-2H3. The summed E-state index contributed by atoms with van der Waals surface area (Å²) in [5, 5.41) is 0. The molecule has 0 saturated heterocycles. The molecular weight excluding hydrogens is 302 g/mol. The second kappa shape index (κ2) is 7.39. The number of carbonyl (C=O) groups excluding carboxylic acids is 1. The number of hydrogen-bond acceptors (Lipinski definition) is 3. The minimum absolute atomic E-state index is 0.0445. The molecule has 0 N–H and O–H groups in total. The van der Waals surface area contributed by atoms with Crippen molar-refractivity contribution in [2.75, 3.05) is 19.7 Å². The molecule has 126 valence electrons. The topological polar surface area (TPSA) is 38.8 Å². The summed E-state index contributed by atoms with van der Waals surface area (Å²) in [6.07, 6.45) is 0.752. The zero-order valence-electron chi connectivity index (χ0n) is 14.2. The minimum Gasteiger partial charge on any atom is -0.486 e. The van der Waals surface area contributed by atoms with Crippen LogP contribution in [0.3, 0.4) is 0 Å². The summed E-state index contributed by atoms with van der Waals surface area (Å²) in [5.41, 5.74) is 1.81. The molecule has 1 aliphatic heterocycles. The van der Waals surface area contributed by atoms with Gasteiger partial charge in [-0.15, -0.1) is 0 Å². The van der Waals surface area contributed by atoms with Gasteiger partial charge in [0.1, 0.15) is 6.61 Å². The van der Waals surface area contributed by atoms with Crippen LogP contribution in [0.2, 0.25) is 0 Å². The highest BCUT2D eigenvalue weighted by Crippen LogP contribution is 2.31. The molecule has 2 aromatic rings. The SMILES string of the molecule is CCCN(CC1COc2ccccc2O1)C(=O)c1cccc(C)c1. The number of benzene rings is 2. The maximum absolute atomic E-state index is 12.8. The molecular formula is C20H23NO3. The Morgan fingerprint density at radius 3 is 2.71 bits per heavy atom. The van der Waals surface area contributed by atoms with Crippen LogP contribution in [0.15, 0.2) is 48.5 Å². The summed E-state index contributed by atoms with van der Waals surface area (Å²) < 4.78 is 11.8. The van der Waals surface area contributed by atoms with Gasteiger partial charge < -0.3 is 14.4 Å². The van der Waals surface area contributed by atoms with E-state index in [2.05, 4.69) is 6.92 Å². The predicted octanol–water partition coefficient (Wildman–Crippen LogP) is 3.69. The number of para-hydroxylation sites is 2. The van der Waals surface area contributed by atoms with E-state index in [0.29, 0.717) is 19.7 Å². The van der Waals surface area contributed by atoms with E-state index in [1.54, 1.807) is 0 Å². The van der Waals surface area contributed by atoms with Crippen molar-refractivity contribution in [3.63, 3.8) is 0 Å². The number of carbonyl (C=O) groups is 1. The highest BCUT2D eigenvalue weighted by Gasteiger charge is 2.25. The van der Waals surface area contributed by atoms with Crippen LogP contribution in [0.5, 0.6) is 11.5 Å². The highest BCUT2D eigenvalue weighted by atomic mass is 16.6. The van der Waals surface area contributed by atoms with E-state index in [4.69, 9.17) is 9.47 Å². The van der Waals surface area contributed by atoms with Crippen LogP contribution in [-0.4, -0.2) is 36.6 Å². The van der Waals surface area contributed by atoms with Crippen molar-refractivity contribution in [3.05, 3.63) is 59.7 Å². The van der Waals surface area contributed by atoms with Crippen molar-refractivity contribution >= 4 is 5.91 Å². The lowest BCUT2D eigenvalue weighted by molar-refractivity contribution is 0.0462. The maximum Gasteiger partial charge on any atom is 0.253 e. The van der Waals surface area contributed by atoms with Gasteiger partial charge in [-0.3, -0.25) is 4.79 Å². The van der Waals surface area contributed by atoms with Gasteiger partial charge >= 0.3 is 0 Å². The molecule has 0 saturated carbocycles. The summed E-state index contributed by atoms with van der Waals surface area (Å²) in [6, 6.07) is 15.4. The summed E-state index contributed by atoms with van der Waals surface area (Å²) in [5.74, 6) is 1.55. The second-order valence-corrected chi connectivity index (χ2v) is 6.12. The van der Waals surface area contributed by atoms with Crippen molar-refractivity contribution in [1.29, 1.82) is 0 Å². The van der Waals surface area contributed by atoms with Crippen LogP contribution in [0.4, 0.5) is 0 Å². The zero-order chi connectivity index (χ0) is 16.9. The summed E-state index contributed by atoms with van der Waals surface area (Å²) in [4.78, 5) is 14.7. The van der Waals surface area contributed by atoms with E-state index in [0.717, 1.165) is 29.0 Å². The number of rotatable bonds is 5. The molecule has 4 nitrogen and oxygen atoms in total. The summed E-state index contributed by atoms with van der Waals surface area (Å²) in [6.45, 7) is 5.75. The molecule has 1 atom stereocenters. The maximum atomic E-state index is 12.8. The van der Waals surface area contributed by atoms with E-state index in [1.165, 1.54) is 0 Å². The Morgan fingerprint density at radius 1 is 1.17 bits per heavy atom. The fraction of sp³-hybridized carbons (Fsp3) is 0.350. The van der Waals surface area contributed by atoms with Crippen LogP contribution >= 0.6 is 0 Å². The van der Waals surface area contributed by atoms with Gasteiger partial charge in [-0.2, -0.15) is 0 Å². The predicted molar refractivity (Wildman–Crippen MR) is 93.7 cm³/mol. The highest BCUT2D eigenvalue weighted by molar-refractivity contribution is 5.94. The molecule has 3 rings (SSSR count). The van der Waals surface area contributed by atoms with Gasteiger partial charge in [0.15, 0.2) is 17.6 Å². The van der Waals surface area contributed by atoms with Crippen LogP contribution in [0.1, 0.15) is 29.3 Å². The van der Waals surface area contributed by atoms with Crippen LogP contribution < -0.4 is 9.47 Å². The van der Waals surface area contributed by atoms with E-state index in [1.807, 2.05) is 60.4 Å². The molecule has 0 spiro atoms. The third kappa shape index (κ3) is 3.70. The van der Waals surface area contributed by atoms with Crippen molar-refractivity contribution < 1.29 is 14.3 Å². The molecule has 0 bridgehead atoms. The van der Waals surface area contributed by atoms with Crippen LogP contribution in [0.25, 0.3) is 0 Å². The van der Waals surface area contributed by atoms with E-state index < -0.39 is 0 Å². The zero-order valence-corrected chi connectivity index (χ0v) is 14.2. The molecule has 0 aromatic heterocycles. The largest absolute Gasteiger partial charge is 0.486 e. The van der Waals surface area contributed by atoms with Gasteiger partial charge in [-0.25, -0.2) is 0 Å². The second-order valence-electron chi connectivity index (χ2n) is 6.12. The summed E-state index contributed by atoms with van der Waals surface area (Å²) in [7, 11) is 0. The fourth-order valence-corrected chi connectivity index (χ4v) is 2.91. The van der Waals surface area contributed by atoms with E-state index in [-0.39, 0.29) is 12.0 Å². The Kier molecular flexibility index (Phi) is 5.04. The first-order valence-corrected chi connectivity index (χ1v) is 8.42. The Balaban J connectivity index is 1.71. The Labute approximate surface area is 143 Å². The van der Waals surface area contributed by atoms with E-state index in [9.17, 15) is 4.79 Å². The molecule has 4 heteroatoms. The quantitative estimate of drug-likeness (QED) is 0.841. The molecule has 1 amide bonds. The monoisotopic (exact) mass is 325 g/mol. The molecule has 2 aromatic carbocycles. The Morgan fingerprint density at radius 2 is 1.96 bits per heavy atom. The number of fused-ring (bicyclic) bond motifs is 1. The molecule has 1 unspecified atom stereocenters. The number of hydrogen-bond donors (Lipinski definition) is 0. The molecule has 0 fully saturated rings. The van der Waals surface area contributed by atoms with Gasteiger partial charge in [-0.1, -0.05) is 36.8 Å². The minimum atomic E-state index is -0.153. The summed E-state index contributed by atoms with van der Waals surface area (Å²) >= 11 is 0. The van der Waals surface area contributed by atoms with Crippen molar-refractivity contribution in [2.45, 2.75) is 26.4 Å². The average molecular weight is 325 g/mol. The average Bonchev–Trinajstić information content (AvgIpc) is 2.60. The third-order valence-electron chi connectivity index (χ3n) is 4.04. The number of nitrogens with zero attached hydrogens (tertiary/aromatic N) is 1. The van der Waals surface area contributed by atoms with Gasteiger partial charge in [-0.05, 0) is 37.6 Å². The van der Waals surface area contributed by atoms with E-state index >= 15 is 0 Å². The first kappa shape index (κ1) is 16.4. The van der Waals surface area contributed by atoms with Crippen molar-refractivity contribution in [2.24, 2.45) is 0 Å². The van der Waals surface area contributed by atoms with Gasteiger partial charge in [0.05, 0.1) is 6.54 Å². The normalized spacial score (nSPS) is 15.8. The van der Waals surface area contributed by atoms with Crippen LogP contribution in [0, 0.1) is 6.92 Å². The lowest BCUT2D eigenvalue weighted by Gasteiger charge is -2.31. The molecule has 0 aliphatic carbocycles. The molecule has 1 heterocycles. The lowest BCUT2D eigenvalue weighted by atomic mass is 10.1. The Bertz CT molecular complexity index is 714. The first-order chi connectivity index (χ1) is 11.7. The van der Waals surface area contributed by atoms with Gasteiger partial charge in [0, 0.05) is 12.1 Å². The van der Waals surface area contributed by atoms with Crippen molar-refractivity contribution in [1.82, 2.24) is 4.90 Å². The van der Waals surface area contributed by atoms with Gasteiger partial charge in [0.25, 0.3) is 5.91 Å². The number of ether oxygens (including phenoxy) is 2. The lowest BCUT2D eigenvalue weighted by Crippen LogP contribution is -2.44. The van der Waals surface area contributed by atoms with Crippen LogP contribution in [-0.2, 0) is 0 Å². The Hall–Kier alpha value is -2.49. The smallest absolute Gasteiger partial charge is 0.253 e. The number of amides is 1. The van der Waals surface area contributed by atoms with Gasteiger partial charge in [0.2, 0.25) is 0 Å².